The predicted octanol–water partition coefficient (Wildman–Crippen LogP) is 5.14. The number of hydrogen-bond acceptors (Lipinski definition) is 7. The first kappa shape index (κ1) is 28.2. The molecule has 0 spiro atoms. The summed E-state index contributed by atoms with van der Waals surface area (Å²) in [5.74, 6) is 0.972. The molecule has 0 unspecified atom stereocenters. The van der Waals surface area contributed by atoms with Crippen LogP contribution in [0.25, 0.3) is 17.1 Å². The maximum absolute atomic E-state index is 13.8. The molecule has 6 rings (SSSR count). The Balaban J connectivity index is 1.23. The second-order valence-corrected chi connectivity index (χ2v) is 11.5. The highest BCUT2D eigenvalue weighted by Gasteiger charge is 2.33. The van der Waals surface area contributed by atoms with E-state index in [-0.39, 0.29) is 23.3 Å². The minimum atomic E-state index is -0.280. The van der Waals surface area contributed by atoms with Gasteiger partial charge in [0.15, 0.2) is 0 Å². The van der Waals surface area contributed by atoms with Gasteiger partial charge in [0, 0.05) is 36.4 Å². The van der Waals surface area contributed by atoms with Gasteiger partial charge in [0.05, 0.1) is 30.1 Å². The number of halogens is 1. The van der Waals surface area contributed by atoms with Gasteiger partial charge in [-0.3, -0.25) is 14.3 Å². The van der Waals surface area contributed by atoms with Crippen molar-refractivity contribution in [3.63, 3.8) is 0 Å². The van der Waals surface area contributed by atoms with Gasteiger partial charge in [0.1, 0.15) is 11.4 Å². The monoisotopic (exact) mass is 590 g/mol. The quantitative estimate of drug-likeness (QED) is 0.317. The molecule has 2 atom stereocenters. The van der Waals surface area contributed by atoms with Gasteiger partial charge in [-0.2, -0.15) is 0 Å². The van der Waals surface area contributed by atoms with E-state index >= 15 is 0 Å². The third-order valence-corrected chi connectivity index (χ3v) is 8.46. The van der Waals surface area contributed by atoms with Gasteiger partial charge in [-0.25, -0.2) is 4.68 Å². The van der Waals surface area contributed by atoms with Crippen LogP contribution in [0.2, 0.25) is 5.02 Å². The van der Waals surface area contributed by atoms with E-state index in [4.69, 9.17) is 20.8 Å². The maximum atomic E-state index is 13.8. The molecule has 1 aliphatic heterocycles. The summed E-state index contributed by atoms with van der Waals surface area (Å²) < 4.78 is 15.6. The summed E-state index contributed by atoms with van der Waals surface area (Å²) in [5.41, 5.74) is 2.47. The number of para-hydroxylation sites is 1. The number of carbonyl (C=O) groups excluding carboxylic acids is 1. The summed E-state index contributed by atoms with van der Waals surface area (Å²) in [4.78, 5) is 29.7. The number of fused-ring (bicyclic) bond motifs is 1. The van der Waals surface area contributed by atoms with Gasteiger partial charge in [0.2, 0.25) is 11.8 Å². The Kier molecular flexibility index (Phi) is 8.17. The average molecular weight is 591 g/mol. The number of carbonyl (C=O) groups is 1. The molecule has 0 saturated heterocycles. The summed E-state index contributed by atoms with van der Waals surface area (Å²) in [6.07, 6.45) is 3.65. The molecule has 42 heavy (non-hydrogen) atoms. The SMILES string of the molecule is CCOc1ccc(Cl)cc1-c1nnc([C@H]2CCC[C@@H](C(=O)Nc3c4n(n(-c5ccccc5)c3=O)CCN(C)CC4)C2)o1. The van der Waals surface area contributed by atoms with Crippen molar-refractivity contribution in [3.8, 4) is 22.9 Å². The molecule has 2 aromatic heterocycles. The number of aromatic nitrogens is 4. The number of hydrogen-bond donors (Lipinski definition) is 1. The fourth-order valence-electron chi connectivity index (χ4n) is 6.04. The van der Waals surface area contributed by atoms with Crippen LogP contribution >= 0.6 is 11.6 Å². The molecule has 0 radical (unpaired) electrons. The molecule has 1 N–H and O–H groups in total. The predicted molar refractivity (Wildman–Crippen MR) is 160 cm³/mol. The van der Waals surface area contributed by atoms with Gasteiger partial charge < -0.3 is 19.4 Å². The van der Waals surface area contributed by atoms with E-state index < -0.39 is 0 Å². The summed E-state index contributed by atoms with van der Waals surface area (Å²) in [6, 6.07) is 14.9. The van der Waals surface area contributed by atoms with Crippen molar-refractivity contribution < 1.29 is 13.9 Å². The lowest BCUT2D eigenvalue weighted by molar-refractivity contribution is -0.121. The number of anilines is 1. The van der Waals surface area contributed by atoms with Crippen LogP contribution in [0.15, 0.2) is 57.7 Å². The molecular formula is C31H35ClN6O4. The Hall–Kier alpha value is -3.89. The molecule has 2 aliphatic rings. The van der Waals surface area contributed by atoms with E-state index in [1.165, 1.54) is 0 Å². The standard InChI is InChI=1S/C31H35ClN6O4/c1-3-41-26-13-12-22(32)19-24(26)30-35-34-29(42-30)21-9-7-8-20(18-21)28(39)33-27-25-14-15-36(2)16-17-37(25)38(31(27)40)23-10-5-4-6-11-23/h4-6,10-13,19-21H,3,7-9,14-18H2,1-2H3,(H,33,39)/t20-,21+/m1/s1. The van der Waals surface area contributed by atoms with Crippen molar-refractivity contribution >= 4 is 23.2 Å². The zero-order valence-corrected chi connectivity index (χ0v) is 24.6. The highest BCUT2D eigenvalue weighted by atomic mass is 35.5. The Labute approximate surface area is 249 Å². The molecule has 220 valence electrons. The van der Waals surface area contributed by atoms with Crippen molar-refractivity contribution in [3.05, 3.63) is 75.5 Å². The van der Waals surface area contributed by atoms with Crippen molar-refractivity contribution in [2.45, 2.75) is 51.5 Å². The van der Waals surface area contributed by atoms with E-state index in [1.54, 1.807) is 22.9 Å². The van der Waals surface area contributed by atoms with E-state index in [0.29, 0.717) is 59.8 Å². The van der Waals surface area contributed by atoms with Gasteiger partial charge in [-0.15, -0.1) is 10.2 Å². The van der Waals surface area contributed by atoms with Crippen LogP contribution < -0.4 is 15.6 Å². The summed E-state index contributed by atoms with van der Waals surface area (Å²) in [6.45, 7) is 4.69. The smallest absolute Gasteiger partial charge is 0.295 e. The molecule has 11 heteroatoms. The minimum Gasteiger partial charge on any atom is -0.493 e. The van der Waals surface area contributed by atoms with E-state index in [2.05, 4.69) is 27.5 Å². The van der Waals surface area contributed by atoms with Gasteiger partial charge >= 0.3 is 0 Å². The number of rotatable bonds is 7. The lowest BCUT2D eigenvalue weighted by Gasteiger charge is -2.26. The van der Waals surface area contributed by atoms with Crippen LogP contribution in [-0.4, -0.2) is 57.1 Å². The summed E-state index contributed by atoms with van der Waals surface area (Å²) in [5, 5.41) is 12.2. The highest BCUT2D eigenvalue weighted by Crippen LogP contribution is 2.39. The second kappa shape index (κ2) is 12.1. The number of likely N-dealkylation sites (N-methyl/N-ethyl adjacent to an activating group) is 1. The van der Waals surface area contributed by atoms with Crippen molar-refractivity contribution in [2.24, 2.45) is 5.92 Å². The first-order valence-corrected chi connectivity index (χ1v) is 15.0. The fourth-order valence-corrected chi connectivity index (χ4v) is 6.21. The molecule has 2 aromatic carbocycles. The highest BCUT2D eigenvalue weighted by molar-refractivity contribution is 6.30. The Morgan fingerprint density at radius 1 is 1.12 bits per heavy atom. The van der Waals surface area contributed by atoms with Crippen LogP contribution in [0.5, 0.6) is 5.75 Å². The number of amides is 1. The Morgan fingerprint density at radius 3 is 2.76 bits per heavy atom. The third kappa shape index (κ3) is 5.61. The van der Waals surface area contributed by atoms with E-state index in [0.717, 1.165) is 43.7 Å². The molecule has 1 amide bonds. The van der Waals surface area contributed by atoms with Crippen LogP contribution in [-0.2, 0) is 17.8 Å². The molecule has 1 fully saturated rings. The molecule has 0 bridgehead atoms. The molecule has 4 aromatic rings. The first-order chi connectivity index (χ1) is 20.4. The van der Waals surface area contributed by atoms with Crippen molar-refractivity contribution in [1.29, 1.82) is 0 Å². The van der Waals surface area contributed by atoms with Crippen molar-refractivity contribution in [1.82, 2.24) is 24.5 Å². The molecule has 1 aliphatic carbocycles. The molecule has 1 saturated carbocycles. The number of nitrogens with one attached hydrogen (secondary N) is 1. The van der Waals surface area contributed by atoms with Crippen molar-refractivity contribution in [2.75, 3.05) is 32.1 Å². The zero-order valence-electron chi connectivity index (χ0n) is 23.9. The Morgan fingerprint density at radius 2 is 1.95 bits per heavy atom. The van der Waals surface area contributed by atoms with Crippen LogP contribution in [0.4, 0.5) is 5.69 Å². The van der Waals surface area contributed by atoms with Crippen LogP contribution in [0.1, 0.15) is 50.1 Å². The summed E-state index contributed by atoms with van der Waals surface area (Å²) >= 11 is 6.23. The van der Waals surface area contributed by atoms with E-state index in [1.807, 2.05) is 41.9 Å². The average Bonchev–Trinajstić information content (AvgIpc) is 3.54. The number of ether oxygens (including phenoxy) is 1. The molecule has 10 nitrogen and oxygen atoms in total. The zero-order chi connectivity index (χ0) is 29.2. The van der Waals surface area contributed by atoms with Crippen LogP contribution in [0, 0.1) is 5.92 Å². The number of nitrogens with zero attached hydrogens (tertiary/aromatic N) is 5. The van der Waals surface area contributed by atoms with Crippen LogP contribution in [0.3, 0.4) is 0 Å². The largest absolute Gasteiger partial charge is 0.493 e. The summed E-state index contributed by atoms with van der Waals surface area (Å²) in [7, 11) is 2.07. The third-order valence-electron chi connectivity index (χ3n) is 8.23. The second-order valence-electron chi connectivity index (χ2n) is 11.0. The fraction of sp³-hybridized carbons (Fsp3) is 0.419. The number of benzene rings is 2. The molecule has 3 heterocycles. The van der Waals surface area contributed by atoms with Gasteiger partial charge in [-0.05, 0) is 63.6 Å². The topological polar surface area (TPSA) is 107 Å². The lowest BCUT2D eigenvalue weighted by Crippen LogP contribution is -2.31. The Bertz CT molecular complexity index is 1630. The maximum Gasteiger partial charge on any atom is 0.295 e. The minimum absolute atomic E-state index is 0.0637. The van der Waals surface area contributed by atoms with Gasteiger partial charge in [0.25, 0.3) is 11.4 Å². The first-order valence-electron chi connectivity index (χ1n) is 14.6. The lowest BCUT2D eigenvalue weighted by atomic mass is 9.81. The normalized spacial score (nSPS) is 19.2. The van der Waals surface area contributed by atoms with E-state index in [9.17, 15) is 9.59 Å². The molecular weight excluding hydrogens is 556 g/mol. The van der Waals surface area contributed by atoms with Gasteiger partial charge in [-0.1, -0.05) is 36.2 Å².